The maximum atomic E-state index is 12.9. The number of hydrogen-bond donors (Lipinski definition) is 0. The highest BCUT2D eigenvalue weighted by Crippen LogP contribution is 2.40. The number of rotatable bonds is 6. The number of carbonyl (C=O) groups is 2. The molecule has 174 valence electrons. The van der Waals surface area contributed by atoms with E-state index >= 15 is 0 Å². The zero-order chi connectivity index (χ0) is 24.4. The van der Waals surface area contributed by atoms with Crippen molar-refractivity contribution in [1.29, 1.82) is 0 Å². The van der Waals surface area contributed by atoms with E-state index < -0.39 is 0 Å². The van der Waals surface area contributed by atoms with Crippen LogP contribution in [0.25, 0.3) is 16.8 Å². The molecule has 1 heterocycles. The maximum Gasteiger partial charge on any atom is 0.298 e. The first-order valence-corrected chi connectivity index (χ1v) is 12.5. The Morgan fingerprint density at radius 1 is 0.914 bits per heavy atom. The summed E-state index contributed by atoms with van der Waals surface area (Å²) in [7, 11) is 1.57. The third kappa shape index (κ3) is 4.83. The summed E-state index contributed by atoms with van der Waals surface area (Å²) >= 11 is 4.49. The summed E-state index contributed by atoms with van der Waals surface area (Å²) in [6.45, 7) is 0.370. The number of anilines is 1. The Bertz CT molecular complexity index is 1470. The first-order chi connectivity index (χ1) is 17.0. The molecule has 1 fully saturated rings. The van der Waals surface area contributed by atoms with Gasteiger partial charge in [-0.3, -0.25) is 9.59 Å². The van der Waals surface area contributed by atoms with Crippen LogP contribution in [0.5, 0.6) is 11.5 Å². The maximum absolute atomic E-state index is 12.9. The monoisotopic (exact) mass is 545 g/mol. The molecule has 0 aromatic heterocycles. The van der Waals surface area contributed by atoms with Crippen LogP contribution in [0.2, 0.25) is 0 Å². The number of methoxy groups -OCH3 is 1. The number of amides is 2. The Kier molecular flexibility index (Phi) is 6.61. The van der Waals surface area contributed by atoms with E-state index in [-0.39, 0.29) is 11.1 Å². The van der Waals surface area contributed by atoms with Gasteiger partial charge in [0.25, 0.3) is 11.1 Å². The quantitative estimate of drug-likeness (QED) is 0.236. The molecule has 0 radical (unpaired) electrons. The highest BCUT2D eigenvalue weighted by molar-refractivity contribution is 9.10. The number of fused-ring (bicyclic) bond motifs is 1. The minimum Gasteiger partial charge on any atom is -0.493 e. The number of thioether (sulfide) groups is 1. The summed E-state index contributed by atoms with van der Waals surface area (Å²) in [5.74, 6) is 0.738. The second-order valence-corrected chi connectivity index (χ2v) is 9.70. The fourth-order valence-corrected chi connectivity index (χ4v) is 5.28. The molecule has 0 aliphatic carbocycles. The van der Waals surface area contributed by atoms with Crippen LogP contribution in [0.1, 0.15) is 11.1 Å². The molecule has 0 saturated carbocycles. The number of halogens is 1. The van der Waals surface area contributed by atoms with E-state index in [2.05, 4.69) is 40.2 Å². The SMILES string of the molecule is COc1cc(/C=C2\SC(=O)N(c3ccccc3)C2=O)cc(Br)c1OCc1ccc2ccccc2c1. The van der Waals surface area contributed by atoms with Gasteiger partial charge in [-0.05, 0) is 86.0 Å². The Morgan fingerprint density at radius 3 is 2.43 bits per heavy atom. The van der Waals surface area contributed by atoms with Gasteiger partial charge in [0.15, 0.2) is 11.5 Å². The largest absolute Gasteiger partial charge is 0.493 e. The molecule has 5 nitrogen and oxygen atoms in total. The molecule has 7 heteroatoms. The third-order valence-corrected chi connectivity index (χ3v) is 7.01. The zero-order valence-electron chi connectivity index (χ0n) is 18.7. The van der Waals surface area contributed by atoms with E-state index in [1.807, 2.05) is 30.3 Å². The molecule has 4 aromatic rings. The van der Waals surface area contributed by atoms with Crippen molar-refractivity contribution >= 4 is 61.4 Å². The molecule has 0 bridgehead atoms. The molecule has 0 unspecified atom stereocenters. The van der Waals surface area contributed by atoms with Crippen LogP contribution in [-0.4, -0.2) is 18.3 Å². The Labute approximate surface area is 215 Å². The van der Waals surface area contributed by atoms with Crippen molar-refractivity contribution in [1.82, 2.24) is 0 Å². The molecule has 1 saturated heterocycles. The summed E-state index contributed by atoms with van der Waals surface area (Å²) in [4.78, 5) is 27.0. The number of nitrogens with zero attached hydrogens (tertiary/aromatic N) is 1. The summed E-state index contributed by atoms with van der Waals surface area (Å²) in [6.07, 6.45) is 1.69. The molecule has 2 amide bonds. The average molecular weight is 546 g/mol. The minimum atomic E-state index is -0.349. The predicted octanol–water partition coefficient (Wildman–Crippen LogP) is 7.43. The van der Waals surface area contributed by atoms with Gasteiger partial charge in [0.2, 0.25) is 0 Å². The van der Waals surface area contributed by atoms with Crippen molar-refractivity contribution in [3.63, 3.8) is 0 Å². The van der Waals surface area contributed by atoms with E-state index in [0.717, 1.165) is 22.7 Å². The lowest BCUT2D eigenvalue weighted by atomic mass is 10.1. The van der Waals surface area contributed by atoms with Gasteiger partial charge in [0, 0.05) is 0 Å². The van der Waals surface area contributed by atoms with E-state index in [4.69, 9.17) is 9.47 Å². The normalized spacial score (nSPS) is 14.7. The summed E-state index contributed by atoms with van der Waals surface area (Å²) in [5, 5.41) is 2.00. The lowest BCUT2D eigenvalue weighted by molar-refractivity contribution is -0.113. The van der Waals surface area contributed by atoms with Gasteiger partial charge in [0.05, 0.1) is 22.2 Å². The molecule has 5 rings (SSSR count). The summed E-state index contributed by atoms with van der Waals surface area (Å²) < 4.78 is 12.4. The highest BCUT2D eigenvalue weighted by Gasteiger charge is 2.36. The zero-order valence-corrected chi connectivity index (χ0v) is 21.1. The van der Waals surface area contributed by atoms with Crippen LogP contribution in [0.4, 0.5) is 10.5 Å². The van der Waals surface area contributed by atoms with Crippen LogP contribution in [-0.2, 0) is 11.4 Å². The molecule has 4 aromatic carbocycles. The van der Waals surface area contributed by atoms with Crippen molar-refractivity contribution in [2.75, 3.05) is 12.0 Å². The van der Waals surface area contributed by atoms with Crippen molar-refractivity contribution in [2.24, 2.45) is 0 Å². The molecular weight excluding hydrogens is 526 g/mol. The number of para-hydroxylation sites is 1. The van der Waals surface area contributed by atoms with Gasteiger partial charge in [-0.25, -0.2) is 4.90 Å². The Morgan fingerprint density at radius 2 is 1.66 bits per heavy atom. The summed E-state index contributed by atoms with van der Waals surface area (Å²) in [6, 6.07) is 26.9. The number of hydrogen-bond acceptors (Lipinski definition) is 5. The van der Waals surface area contributed by atoms with E-state index in [0.29, 0.717) is 38.7 Å². The van der Waals surface area contributed by atoms with Crippen LogP contribution in [0, 0.1) is 0 Å². The number of benzene rings is 4. The molecule has 35 heavy (non-hydrogen) atoms. The number of carbonyl (C=O) groups excluding carboxylic acids is 2. The van der Waals surface area contributed by atoms with Crippen LogP contribution in [0.3, 0.4) is 0 Å². The average Bonchev–Trinajstić information content (AvgIpc) is 3.15. The van der Waals surface area contributed by atoms with Crippen molar-refractivity contribution in [3.05, 3.63) is 105 Å². The van der Waals surface area contributed by atoms with Gasteiger partial charge in [0.1, 0.15) is 6.61 Å². The minimum absolute atomic E-state index is 0.325. The molecule has 0 N–H and O–H groups in total. The lowest BCUT2D eigenvalue weighted by Crippen LogP contribution is -2.27. The highest BCUT2D eigenvalue weighted by atomic mass is 79.9. The van der Waals surface area contributed by atoms with Crippen molar-refractivity contribution < 1.29 is 19.1 Å². The third-order valence-electron chi connectivity index (χ3n) is 5.55. The van der Waals surface area contributed by atoms with E-state index in [1.165, 1.54) is 10.3 Å². The topological polar surface area (TPSA) is 55.8 Å². The fraction of sp³-hybridized carbons (Fsp3) is 0.0714. The van der Waals surface area contributed by atoms with Gasteiger partial charge in [-0.15, -0.1) is 0 Å². The van der Waals surface area contributed by atoms with Crippen molar-refractivity contribution in [3.8, 4) is 11.5 Å². The second-order valence-electron chi connectivity index (χ2n) is 7.86. The van der Waals surface area contributed by atoms with Gasteiger partial charge >= 0.3 is 0 Å². The smallest absolute Gasteiger partial charge is 0.298 e. The number of imide groups is 1. The second kappa shape index (κ2) is 9.98. The molecular formula is C28H20BrNO4S. The predicted molar refractivity (Wildman–Crippen MR) is 144 cm³/mol. The lowest BCUT2D eigenvalue weighted by Gasteiger charge is -2.14. The van der Waals surface area contributed by atoms with Gasteiger partial charge in [-0.2, -0.15) is 0 Å². The molecule has 0 atom stereocenters. The van der Waals surface area contributed by atoms with Crippen molar-refractivity contribution in [2.45, 2.75) is 6.61 Å². The fourth-order valence-electron chi connectivity index (χ4n) is 3.87. The standard InChI is InChI=1S/C28H20BrNO4S/c1-33-24-15-19(16-25-27(31)30(28(32)35-25)22-9-3-2-4-10-22)14-23(29)26(24)34-17-18-11-12-20-7-5-6-8-21(20)13-18/h2-16H,17H2,1H3/b25-16-. The van der Waals surface area contributed by atoms with Crippen LogP contribution >= 0.6 is 27.7 Å². The first kappa shape index (κ1) is 23.2. The Balaban J connectivity index is 1.38. The molecule has 1 aliphatic rings. The van der Waals surface area contributed by atoms with Crippen LogP contribution < -0.4 is 14.4 Å². The van der Waals surface area contributed by atoms with Crippen LogP contribution in [0.15, 0.2) is 94.3 Å². The first-order valence-electron chi connectivity index (χ1n) is 10.8. The number of ether oxygens (including phenoxy) is 2. The summed E-state index contributed by atoms with van der Waals surface area (Å²) in [5.41, 5.74) is 2.30. The molecule has 0 spiro atoms. The van der Waals surface area contributed by atoms with Gasteiger partial charge in [-0.1, -0.05) is 54.6 Å². The van der Waals surface area contributed by atoms with E-state index in [1.54, 1.807) is 43.5 Å². The Hall–Kier alpha value is -3.55. The molecule has 1 aliphatic heterocycles. The van der Waals surface area contributed by atoms with E-state index in [9.17, 15) is 9.59 Å². The van der Waals surface area contributed by atoms with Gasteiger partial charge < -0.3 is 9.47 Å².